The summed E-state index contributed by atoms with van der Waals surface area (Å²) >= 11 is 5.80. The van der Waals surface area contributed by atoms with E-state index in [2.05, 4.69) is 4.98 Å². The highest BCUT2D eigenvalue weighted by atomic mass is 35.5. The molecule has 0 amide bonds. The van der Waals surface area contributed by atoms with Gasteiger partial charge in [-0.1, -0.05) is 11.6 Å². The second-order valence-electron chi connectivity index (χ2n) is 3.00. The van der Waals surface area contributed by atoms with Gasteiger partial charge in [-0.2, -0.15) is 0 Å². The van der Waals surface area contributed by atoms with Gasteiger partial charge in [0.1, 0.15) is 10.9 Å². The molecule has 5 heteroatoms. The molecular weight excluding hydrogens is 218 g/mol. The van der Waals surface area contributed by atoms with Gasteiger partial charge in [0.15, 0.2) is 0 Å². The first kappa shape index (κ1) is 9.73. The zero-order valence-electron chi connectivity index (χ0n) is 7.44. The Morgan fingerprint density at radius 2 is 2.07 bits per heavy atom. The van der Waals surface area contributed by atoms with E-state index in [1.807, 2.05) is 0 Å². The van der Waals surface area contributed by atoms with Crippen molar-refractivity contribution in [1.29, 1.82) is 0 Å². The molecular formula is C10H6ClNO3. The first-order valence-corrected chi connectivity index (χ1v) is 4.48. The SMILES string of the molecule is O=C(O)c1cnc(Cl)c2ccc(O)cc12. The summed E-state index contributed by atoms with van der Waals surface area (Å²) in [7, 11) is 0. The van der Waals surface area contributed by atoms with E-state index in [0.29, 0.717) is 10.8 Å². The zero-order valence-corrected chi connectivity index (χ0v) is 8.19. The number of nitrogens with zero attached hydrogens (tertiary/aromatic N) is 1. The molecule has 1 aromatic heterocycles. The number of hydrogen-bond donors (Lipinski definition) is 2. The van der Waals surface area contributed by atoms with Crippen molar-refractivity contribution >= 4 is 28.3 Å². The monoisotopic (exact) mass is 223 g/mol. The molecule has 0 saturated heterocycles. The van der Waals surface area contributed by atoms with Gasteiger partial charge in [-0.25, -0.2) is 9.78 Å². The van der Waals surface area contributed by atoms with Gasteiger partial charge >= 0.3 is 5.97 Å². The van der Waals surface area contributed by atoms with E-state index in [9.17, 15) is 9.90 Å². The number of carboxylic acid groups (broad SMARTS) is 1. The van der Waals surface area contributed by atoms with Crippen LogP contribution in [0, 0.1) is 0 Å². The number of carboxylic acids is 1. The first-order chi connectivity index (χ1) is 7.09. The zero-order chi connectivity index (χ0) is 11.0. The Balaban J connectivity index is 2.90. The predicted molar refractivity (Wildman–Crippen MR) is 55.4 cm³/mol. The quantitative estimate of drug-likeness (QED) is 0.728. The fraction of sp³-hybridized carbons (Fsp3) is 0. The second kappa shape index (κ2) is 3.40. The molecule has 2 aromatic rings. The van der Waals surface area contributed by atoms with Gasteiger partial charge in [0, 0.05) is 17.0 Å². The third kappa shape index (κ3) is 1.59. The third-order valence-corrected chi connectivity index (χ3v) is 2.35. The maximum atomic E-state index is 10.9. The minimum atomic E-state index is -1.10. The van der Waals surface area contributed by atoms with Gasteiger partial charge in [-0.05, 0) is 18.2 Å². The molecule has 0 saturated carbocycles. The average molecular weight is 224 g/mol. The highest BCUT2D eigenvalue weighted by Crippen LogP contribution is 2.27. The fourth-order valence-corrected chi connectivity index (χ4v) is 1.58. The maximum Gasteiger partial charge on any atom is 0.337 e. The number of halogens is 1. The Morgan fingerprint density at radius 3 is 2.73 bits per heavy atom. The number of phenolic OH excluding ortho intramolecular Hbond substituents is 1. The number of rotatable bonds is 1. The molecule has 15 heavy (non-hydrogen) atoms. The van der Waals surface area contributed by atoms with Crippen LogP contribution in [0.5, 0.6) is 5.75 Å². The van der Waals surface area contributed by atoms with E-state index < -0.39 is 5.97 Å². The summed E-state index contributed by atoms with van der Waals surface area (Å²) in [5.74, 6) is -1.11. The van der Waals surface area contributed by atoms with Crippen LogP contribution >= 0.6 is 11.6 Å². The van der Waals surface area contributed by atoms with E-state index in [4.69, 9.17) is 16.7 Å². The van der Waals surface area contributed by atoms with Crippen molar-refractivity contribution in [3.8, 4) is 5.75 Å². The number of benzene rings is 1. The maximum absolute atomic E-state index is 10.9. The van der Waals surface area contributed by atoms with Crippen LogP contribution in [0.15, 0.2) is 24.4 Å². The normalized spacial score (nSPS) is 10.5. The topological polar surface area (TPSA) is 70.4 Å². The fourth-order valence-electron chi connectivity index (χ4n) is 1.37. The number of phenols is 1. The molecule has 0 aliphatic carbocycles. The van der Waals surface area contributed by atoms with Crippen LogP contribution in [0.4, 0.5) is 0 Å². The van der Waals surface area contributed by atoms with Crippen LogP contribution < -0.4 is 0 Å². The molecule has 0 aliphatic rings. The Kier molecular flexibility index (Phi) is 2.21. The third-order valence-electron chi connectivity index (χ3n) is 2.05. The number of aromatic hydroxyl groups is 1. The standard InChI is InChI=1S/C10H6ClNO3/c11-9-6-2-1-5(13)3-7(6)8(4-12-9)10(14)15/h1-4,13H,(H,14,15). The molecule has 1 heterocycles. The molecule has 76 valence electrons. The van der Waals surface area contributed by atoms with Crippen LogP contribution in [-0.4, -0.2) is 21.2 Å². The lowest BCUT2D eigenvalue weighted by Crippen LogP contribution is -1.98. The lowest BCUT2D eigenvalue weighted by atomic mass is 10.1. The summed E-state index contributed by atoms with van der Waals surface area (Å²) in [6, 6.07) is 4.32. The van der Waals surface area contributed by atoms with Crippen LogP contribution in [0.2, 0.25) is 5.15 Å². The highest BCUT2D eigenvalue weighted by Gasteiger charge is 2.11. The number of pyridine rings is 1. The summed E-state index contributed by atoms with van der Waals surface area (Å²) in [4.78, 5) is 14.6. The Bertz CT molecular complexity index is 554. The molecule has 2 N–H and O–H groups in total. The highest BCUT2D eigenvalue weighted by molar-refractivity contribution is 6.34. The molecule has 2 rings (SSSR count). The minimum absolute atomic E-state index is 0.00716. The second-order valence-corrected chi connectivity index (χ2v) is 3.36. The van der Waals surface area contributed by atoms with Crippen molar-refractivity contribution in [3.63, 3.8) is 0 Å². The van der Waals surface area contributed by atoms with E-state index >= 15 is 0 Å². The van der Waals surface area contributed by atoms with Crippen molar-refractivity contribution in [2.24, 2.45) is 0 Å². The molecule has 0 radical (unpaired) electrons. The Labute approximate surface area is 89.8 Å². The van der Waals surface area contributed by atoms with Crippen molar-refractivity contribution in [2.75, 3.05) is 0 Å². The Hall–Kier alpha value is -1.81. The summed E-state index contributed by atoms with van der Waals surface area (Å²) in [5.41, 5.74) is 0.0188. The molecule has 0 atom stereocenters. The summed E-state index contributed by atoms with van der Waals surface area (Å²) in [6.07, 6.45) is 1.17. The van der Waals surface area contributed by atoms with Gasteiger partial charge < -0.3 is 10.2 Å². The number of fused-ring (bicyclic) bond motifs is 1. The largest absolute Gasteiger partial charge is 0.508 e. The lowest BCUT2D eigenvalue weighted by molar-refractivity contribution is 0.0698. The average Bonchev–Trinajstić information content (AvgIpc) is 2.17. The summed E-state index contributed by atoms with van der Waals surface area (Å²) in [6.45, 7) is 0. The van der Waals surface area contributed by atoms with Gasteiger partial charge in [-0.3, -0.25) is 0 Å². The van der Waals surface area contributed by atoms with Gasteiger partial charge in [0.05, 0.1) is 5.56 Å². The molecule has 0 aliphatic heterocycles. The van der Waals surface area contributed by atoms with Gasteiger partial charge in [0.25, 0.3) is 0 Å². The minimum Gasteiger partial charge on any atom is -0.508 e. The van der Waals surface area contributed by atoms with Crippen molar-refractivity contribution in [3.05, 3.63) is 35.1 Å². The van der Waals surface area contributed by atoms with Crippen LogP contribution in [-0.2, 0) is 0 Å². The van der Waals surface area contributed by atoms with Gasteiger partial charge in [-0.15, -0.1) is 0 Å². The van der Waals surface area contributed by atoms with E-state index in [1.54, 1.807) is 0 Å². The van der Waals surface area contributed by atoms with Gasteiger partial charge in [0.2, 0.25) is 0 Å². The molecule has 0 spiro atoms. The molecule has 0 unspecified atom stereocenters. The number of carbonyl (C=O) groups is 1. The number of hydrogen-bond acceptors (Lipinski definition) is 3. The van der Waals surface area contributed by atoms with E-state index in [-0.39, 0.29) is 16.5 Å². The molecule has 4 nitrogen and oxygen atoms in total. The summed E-state index contributed by atoms with van der Waals surface area (Å²) < 4.78 is 0. The predicted octanol–water partition coefficient (Wildman–Crippen LogP) is 2.29. The van der Waals surface area contributed by atoms with E-state index in [1.165, 1.54) is 24.4 Å². The van der Waals surface area contributed by atoms with Crippen LogP contribution in [0.25, 0.3) is 10.8 Å². The lowest BCUT2D eigenvalue weighted by Gasteiger charge is -2.03. The Morgan fingerprint density at radius 1 is 1.33 bits per heavy atom. The first-order valence-electron chi connectivity index (χ1n) is 4.10. The smallest absolute Gasteiger partial charge is 0.337 e. The molecule has 0 fully saturated rings. The van der Waals surface area contributed by atoms with E-state index in [0.717, 1.165) is 0 Å². The van der Waals surface area contributed by atoms with Crippen molar-refractivity contribution in [1.82, 2.24) is 4.98 Å². The molecule has 0 bridgehead atoms. The van der Waals surface area contributed by atoms with Crippen molar-refractivity contribution < 1.29 is 15.0 Å². The van der Waals surface area contributed by atoms with Crippen LogP contribution in [0.1, 0.15) is 10.4 Å². The molecule has 1 aromatic carbocycles. The van der Waals surface area contributed by atoms with Crippen molar-refractivity contribution in [2.45, 2.75) is 0 Å². The summed E-state index contributed by atoms with van der Waals surface area (Å²) in [5, 5.41) is 19.3. The van der Waals surface area contributed by atoms with Crippen LogP contribution in [0.3, 0.4) is 0 Å². The number of aromatic carboxylic acids is 1. The number of aromatic nitrogens is 1.